The van der Waals surface area contributed by atoms with Gasteiger partial charge < -0.3 is 10.6 Å². The molecule has 0 amide bonds. The molecule has 1 unspecified atom stereocenters. The van der Waals surface area contributed by atoms with Gasteiger partial charge in [-0.3, -0.25) is 0 Å². The molecule has 1 atom stereocenters. The van der Waals surface area contributed by atoms with E-state index in [1.165, 1.54) is 6.07 Å². The zero-order chi connectivity index (χ0) is 11.8. The second kappa shape index (κ2) is 4.06. The summed E-state index contributed by atoms with van der Waals surface area (Å²) in [7, 11) is 0. The fourth-order valence-electron chi connectivity index (χ4n) is 2.64. The Labute approximate surface area is 96.2 Å². The van der Waals surface area contributed by atoms with Crippen molar-refractivity contribution in [2.24, 2.45) is 11.7 Å². The van der Waals surface area contributed by atoms with E-state index in [1.54, 1.807) is 12.1 Å². The Morgan fingerprint density at radius 2 is 2.25 bits per heavy atom. The molecule has 0 spiro atoms. The molecule has 1 saturated heterocycles. The van der Waals surface area contributed by atoms with Gasteiger partial charge in [-0.15, -0.1) is 0 Å². The Morgan fingerprint density at radius 1 is 1.50 bits per heavy atom. The number of benzene rings is 1. The minimum absolute atomic E-state index is 0.0673. The summed E-state index contributed by atoms with van der Waals surface area (Å²) < 4.78 is 13.2. The van der Waals surface area contributed by atoms with Gasteiger partial charge in [-0.05, 0) is 50.9 Å². The van der Waals surface area contributed by atoms with Crippen LogP contribution >= 0.6 is 0 Å². The number of hydrogen-bond donors (Lipinski definition) is 1. The molecule has 3 heteroatoms. The largest absolute Gasteiger partial charge is 0.366 e. The zero-order valence-corrected chi connectivity index (χ0v) is 9.91. The van der Waals surface area contributed by atoms with Gasteiger partial charge in [-0.25, -0.2) is 4.39 Å². The van der Waals surface area contributed by atoms with Crippen molar-refractivity contribution >= 4 is 5.69 Å². The lowest BCUT2D eigenvalue weighted by Crippen LogP contribution is -2.38. The molecule has 0 aliphatic carbocycles. The normalized spacial score (nSPS) is 23.8. The van der Waals surface area contributed by atoms with Crippen LogP contribution in [0.3, 0.4) is 0 Å². The van der Waals surface area contributed by atoms with Crippen molar-refractivity contribution in [2.45, 2.75) is 25.8 Å². The summed E-state index contributed by atoms with van der Waals surface area (Å²) in [5, 5.41) is 0. The summed E-state index contributed by atoms with van der Waals surface area (Å²) in [5.74, 6) is 0.336. The molecule has 2 nitrogen and oxygen atoms in total. The van der Waals surface area contributed by atoms with Crippen molar-refractivity contribution < 1.29 is 4.39 Å². The van der Waals surface area contributed by atoms with Gasteiger partial charge in [0.1, 0.15) is 5.82 Å². The molecule has 1 aliphatic rings. The Bertz CT molecular complexity index is 376. The minimum atomic E-state index is -0.176. The average Bonchev–Trinajstić information content (AvgIpc) is 2.53. The van der Waals surface area contributed by atoms with E-state index >= 15 is 0 Å². The van der Waals surface area contributed by atoms with Crippen LogP contribution in [0.25, 0.3) is 0 Å². The SMILES string of the molecule is CC1(C)CC(CN)CN1c1cccc(F)c1. The number of hydrogen-bond acceptors (Lipinski definition) is 2. The van der Waals surface area contributed by atoms with E-state index in [4.69, 9.17) is 5.73 Å². The first-order valence-corrected chi connectivity index (χ1v) is 5.76. The summed E-state index contributed by atoms with van der Waals surface area (Å²) in [6.07, 6.45) is 1.07. The van der Waals surface area contributed by atoms with Crippen LogP contribution in [0.1, 0.15) is 20.3 Å². The average molecular weight is 222 g/mol. The van der Waals surface area contributed by atoms with E-state index < -0.39 is 0 Å². The predicted molar refractivity (Wildman–Crippen MR) is 65.0 cm³/mol. The third kappa shape index (κ3) is 2.05. The monoisotopic (exact) mass is 222 g/mol. The van der Waals surface area contributed by atoms with Crippen LogP contribution in [0.5, 0.6) is 0 Å². The summed E-state index contributed by atoms with van der Waals surface area (Å²) in [6, 6.07) is 6.80. The molecule has 1 heterocycles. The molecule has 0 bridgehead atoms. The summed E-state index contributed by atoms with van der Waals surface area (Å²) in [6.45, 7) is 6.00. The fraction of sp³-hybridized carbons (Fsp3) is 0.538. The van der Waals surface area contributed by atoms with Crippen LogP contribution < -0.4 is 10.6 Å². The van der Waals surface area contributed by atoms with Crippen molar-refractivity contribution in [2.75, 3.05) is 18.0 Å². The fourth-order valence-corrected chi connectivity index (χ4v) is 2.64. The molecule has 1 fully saturated rings. The number of nitrogens with two attached hydrogens (primary N) is 1. The molecule has 88 valence electrons. The van der Waals surface area contributed by atoms with E-state index in [0.29, 0.717) is 12.5 Å². The third-order valence-electron chi connectivity index (χ3n) is 3.41. The molecular weight excluding hydrogens is 203 g/mol. The molecule has 0 aromatic heterocycles. The van der Waals surface area contributed by atoms with Crippen LogP contribution in [-0.2, 0) is 0 Å². The first-order chi connectivity index (χ1) is 7.53. The first-order valence-electron chi connectivity index (χ1n) is 5.76. The minimum Gasteiger partial charge on any atom is -0.366 e. The Morgan fingerprint density at radius 3 is 2.81 bits per heavy atom. The van der Waals surface area contributed by atoms with Gasteiger partial charge in [-0.1, -0.05) is 6.07 Å². The van der Waals surface area contributed by atoms with Gasteiger partial charge in [0, 0.05) is 17.8 Å². The van der Waals surface area contributed by atoms with Gasteiger partial charge in [0.25, 0.3) is 0 Å². The number of rotatable bonds is 2. The number of nitrogens with zero attached hydrogens (tertiary/aromatic N) is 1. The highest BCUT2D eigenvalue weighted by Crippen LogP contribution is 2.36. The van der Waals surface area contributed by atoms with Crippen LogP contribution in [0.4, 0.5) is 10.1 Å². The smallest absolute Gasteiger partial charge is 0.125 e. The van der Waals surface area contributed by atoms with E-state index in [-0.39, 0.29) is 11.4 Å². The Balaban J connectivity index is 2.27. The van der Waals surface area contributed by atoms with E-state index in [0.717, 1.165) is 18.7 Å². The lowest BCUT2D eigenvalue weighted by Gasteiger charge is -2.33. The van der Waals surface area contributed by atoms with Gasteiger partial charge in [0.2, 0.25) is 0 Å². The van der Waals surface area contributed by atoms with Gasteiger partial charge in [-0.2, -0.15) is 0 Å². The zero-order valence-electron chi connectivity index (χ0n) is 9.91. The topological polar surface area (TPSA) is 29.3 Å². The van der Waals surface area contributed by atoms with Gasteiger partial charge >= 0.3 is 0 Å². The number of anilines is 1. The molecule has 1 aliphatic heterocycles. The predicted octanol–water partition coefficient (Wildman–Crippen LogP) is 2.39. The van der Waals surface area contributed by atoms with Crippen molar-refractivity contribution in [3.05, 3.63) is 30.1 Å². The Kier molecular flexibility index (Phi) is 2.89. The molecule has 1 aromatic carbocycles. The van der Waals surface area contributed by atoms with Gasteiger partial charge in [0.15, 0.2) is 0 Å². The first kappa shape index (κ1) is 11.4. The van der Waals surface area contributed by atoms with Crippen LogP contribution in [0.15, 0.2) is 24.3 Å². The van der Waals surface area contributed by atoms with Crippen LogP contribution in [0.2, 0.25) is 0 Å². The second-order valence-corrected chi connectivity index (χ2v) is 5.21. The highest BCUT2D eigenvalue weighted by atomic mass is 19.1. The second-order valence-electron chi connectivity index (χ2n) is 5.21. The van der Waals surface area contributed by atoms with Crippen LogP contribution in [-0.4, -0.2) is 18.6 Å². The van der Waals surface area contributed by atoms with E-state index in [2.05, 4.69) is 18.7 Å². The maximum Gasteiger partial charge on any atom is 0.125 e. The summed E-state index contributed by atoms with van der Waals surface area (Å²) in [5.41, 5.74) is 6.75. The summed E-state index contributed by atoms with van der Waals surface area (Å²) >= 11 is 0. The molecule has 0 saturated carbocycles. The van der Waals surface area contributed by atoms with Crippen LogP contribution in [0, 0.1) is 11.7 Å². The standard InChI is InChI=1S/C13H19FN2/c1-13(2)7-10(8-15)9-16(13)12-5-3-4-11(14)6-12/h3-6,10H,7-9,15H2,1-2H3. The van der Waals surface area contributed by atoms with Crippen molar-refractivity contribution in [1.82, 2.24) is 0 Å². The van der Waals surface area contributed by atoms with E-state index in [1.807, 2.05) is 6.07 Å². The maximum absolute atomic E-state index is 13.2. The molecule has 0 radical (unpaired) electrons. The third-order valence-corrected chi connectivity index (χ3v) is 3.41. The molecule has 2 N–H and O–H groups in total. The summed E-state index contributed by atoms with van der Waals surface area (Å²) in [4.78, 5) is 2.26. The van der Waals surface area contributed by atoms with Crippen molar-refractivity contribution in [3.8, 4) is 0 Å². The number of halogens is 1. The highest BCUT2D eigenvalue weighted by molar-refractivity contribution is 5.50. The molecule has 2 rings (SSSR count). The molecular formula is C13H19FN2. The van der Waals surface area contributed by atoms with Crippen molar-refractivity contribution in [3.63, 3.8) is 0 Å². The molecule has 16 heavy (non-hydrogen) atoms. The maximum atomic E-state index is 13.2. The van der Waals surface area contributed by atoms with Gasteiger partial charge in [0.05, 0.1) is 0 Å². The van der Waals surface area contributed by atoms with Crippen molar-refractivity contribution in [1.29, 1.82) is 0 Å². The lowest BCUT2D eigenvalue weighted by molar-refractivity contribution is 0.476. The van der Waals surface area contributed by atoms with E-state index in [9.17, 15) is 4.39 Å². The Hall–Kier alpha value is -1.09. The highest BCUT2D eigenvalue weighted by Gasteiger charge is 2.37. The molecule has 1 aromatic rings. The quantitative estimate of drug-likeness (QED) is 0.832. The lowest BCUT2D eigenvalue weighted by atomic mass is 9.96.